The molecule has 28 heavy (non-hydrogen) atoms. The van der Waals surface area contributed by atoms with Crippen LogP contribution in [0.2, 0.25) is 0 Å². The van der Waals surface area contributed by atoms with Gasteiger partial charge in [0, 0.05) is 37.8 Å². The summed E-state index contributed by atoms with van der Waals surface area (Å²) in [5, 5.41) is 14.5. The predicted octanol–water partition coefficient (Wildman–Crippen LogP) is 3.53. The number of hydrogen-bond acceptors (Lipinski definition) is 4. The second-order valence-corrected chi connectivity index (χ2v) is 6.76. The van der Waals surface area contributed by atoms with E-state index in [2.05, 4.69) is 5.32 Å². The molecule has 2 aromatic rings. The first-order valence-corrected chi connectivity index (χ1v) is 9.21. The lowest BCUT2D eigenvalue weighted by molar-refractivity contribution is -0.385. The van der Waals surface area contributed by atoms with Gasteiger partial charge >= 0.3 is 0 Å². The van der Waals surface area contributed by atoms with E-state index < -0.39 is 4.92 Å². The van der Waals surface area contributed by atoms with Gasteiger partial charge in [0.05, 0.1) is 10.5 Å². The molecule has 0 unspecified atom stereocenters. The quantitative estimate of drug-likeness (QED) is 0.470. The van der Waals surface area contributed by atoms with E-state index in [1.807, 2.05) is 0 Å². The molecule has 0 aromatic heterocycles. The van der Waals surface area contributed by atoms with Crippen molar-refractivity contribution in [2.75, 3.05) is 13.1 Å². The van der Waals surface area contributed by atoms with E-state index in [0.717, 1.165) is 18.4 Å². The highest BCUT2D eigenvalue weighted by Crippen LogP contribution is 2.19. The fourth-order valence-electron chi connectivity index (χ4n) is 3.23. The molecule has 1 N–H and O–H groups in total. The minimum absolute atomic E-state index is 0.0183. The number of rotatable bonds is 6. The molecule has 2 aromatic carbocycles. The topological polar surface area (TPSA) is 75.5 Å². The van der Waals surface area contributed by atoms with Crippen LogP contribution in [0.3, 0.4) is 0 Å². The maximum Gasteiger partial charge on any atom is 0.276 e. The number of nitrogens with one attached hydrogen (secondary N) is 1. The number of carbonyl (C=O) groups is 1. The highest BCUT2D eigenvalue weighted by atomic mass is 19.1. The molecule has 0 bridgehead atoms. The number of piperidine rings is 1. The Labute approximate surface area is 162 Å². The standard InChI is InChI=1S/C21H22FN3O3/c22-18-8-5-16(6-9-18)15-23-19-11-13-24(14-12-19)21(26)10-7-17-3-1-2-4-20(17)25(27)28/h1-10,19,23H,11-15H2/b10-7+. The average molecular weight is 383 g/mol. The minimum atomic E-state index is -0.456. The van der Waals surface area contributed by atoms with E-state index >= 15 is 0 Å². The van der Waals surface area contributed by atoms with Crippen molar-refractivity contribution in [3.63, 3.8) is 0 Å². The summed E-state index contributed by atoms with van der Waals surface area (Å²) >= 11 is 0. The predicted molar refractivity (Wildman–Crippen MR) is 105 cm³/mol. The second kappa shape index (κ2) is 9.23. The molecular formula is C21H22FN3O3. The number of hydrogen-bond donors (Lipinski definition) is 1. The van der Waals surface area contributed by atoms with Gasteiger partial charge < -0.3 is 10.2 Å². The molecule has 0 aliphatic carbocycles. The Balaban J connectivity index is 1.48. The van der Waals surface area contributed by atoms with Crippen molar-refractivity contribution in [1.82, 2.24) is 10.2 Å². The molecule has 0 spiro atoms. The smallest absolute Gasteiger partial charge is 0.276 e. The van der Waals surface area contributed by atoms with Crippen molar-refractivity contribution in [2.24, 2.45) is 0 Å². The van der Waals surface area contributed by atoms with Crippen LogP contribution in [0.25, 0.3) is 6.08 Å². The van der Waals surface area contributed by atoms with Gasteiger partial charge in [0.1, 0.15) is 5.82 Å². The first-order valence-electron chi connectivity index (χ1n) is 9.21. The lowest BCUT2D eigenvalue weighted by atomic mass is 10.0. The number of likely N-dealkylation sites (tertiary alicyclic amines) is 1. The summed E-state index contributed by atoms with van der Waals surface area (Å²) in [6.45, 7) is 1.92. The number of para-hydroxylation sites is 1. The molecule has 1 aliphatic rings. The zero-order valence-electron chi connectivity index (χ0n) is 15.4. The van der Waals surface area contributed by atoms with Crippen LogP contribution in [-0.2, 0) is 11.3 Å². The summed E-state index contributed by atoms with van der Waals surface area (Å²) < 4.78 is 12.9. The van der Waals surface area contributed by atoms with Crippen LogP contribution in [0.1, 0.15) is 24.0 Å². The van der Waals surface area contributed by atoms with Gasteiger partial charge in [-0.3, -0.25) is 14.9 Å². The van der Waals surface area contributed by atoms with Gasteiger partial charge in [0.15, 0.2) is 0 Å². The second-order valence-electron chi connectivity index (χ2n) is 6.76. The van der Waals surface area contributed by atoms with E-state index in [-0.39, 0.29) is 17.4 Å². The van der Waals surface area contributed by atoms with E-state index in [0.29, 0.717) is 31.2 Å². The molecule has 0 saturated carbocycles. The van der Waals surface area contributed by atoms with Crippen molar-refractivity contribution < 1.29 is 14.1 Å². The monoisotopic (exact) mass is 383 g/mol. The fraction of sp³-hybridized carbons (Fsp3) is 0.286. The van der Waals surface area contributed by atoms with Gasteiger partial charge in [-0.2, -0.15) is 0 Å². The molecule has 6 nitrogen and oxygen atoms in total. The molecule has 3 rings (SSSR count). The van der Waals surface area contributed by atoms with Crippen molar-refractivity contribution >= 4 is 17.7 Å². The van der Waals surface area contributed by atoms with Gasteiger partial charge in [-0.1, -0.05) is 24.3 Å². The first-order chi connectivity index (χ1) is 13.5. The molecule has 0 radical (unpaired) electrons. The molecule has 1 saturated heterocycles. The van der Waals surface area contributed by atoms with E-state index in [1.165, 1.54) is 30.4 Å². The fourth-order valence-corrected chi connectivity index (χ4v) is 3.23. The third-order valence-electron chi connectivity index (χ3n) is 4.85. The summed E-state index contributed by atoms with van der Waals surface area (Å²) in [5.41, 5.74) is 1.42. The first kappa shape index (κ1) is 19.7. The third-order valence-corrected chi connectivity index (χ3v) is 4.85. The van der Waals surface area contributed by atoms with Crippen LogP contribution >= 0.6 is 0 Å². The molecule has 1 heterocycles. The Bertz CT molecular complexity index is 859. The van der Waals surface area contributed by atoms with Crippen LogP contribution in [0.5, 0.6) is 0 Å². The minimum Gasteiger partial charge on any atom is -0.339 e. The van der Waals surface area contributed by atoms with Crippen LogP contribution in [0, 0.1) is 15.9 Å². The van der Waals surface area contributed by atoms with E-state index in [9.17, 15) is 19.3 Å². The van der Waals surface area contributed by atoms with Crippen LogP contribution in [0.4, 0.5) is 10.1 Å². The van der Waals surface area contributed by atoms with Gasteiger partial charge in [-0.05, 0) is 42.7 Å². The largest absolute Gasteiger partial charge is 0.339 e. The van der Waals surface area contributed by atoms with Crippen LogP contribution in [-0.4, -0.2) is 34.9 Å². The lowest BCUT2D eigenvalue weighted by Gasteiger charge is -2.32. The molecular weight excluding hydrogens is 361 g/mol. The summed E-state index contributed by atoms with van der Waals surface area (Å²) in [6, 6.07) is 13.0. The average Bonchev–Trinajstić information content (AvgIpc) is 2.72. The van der Waals surface area contributed by atoms with Gasteiger partial charge in [-0.15, -0.1) is 0 Å². The lowest BCUT2D eigenvalue weighted by Crippen LogP contribution is -2.44. The van der Waals surface area contributed by atoms with Crippen LogP contribution < -0.4 is 5.32 Å². The SMILES string of the molecule is O=C(/C=C/c1ccccc1[N+](=O)[O-])N1CCC(NCc2ccc(F)cc2)CC1. The molecule has 1 aliphatic heterocycles. The van der Waals surface area contributed by atoms with Crippen molar-refractivity contribution in [3.8, 4) is 0 Å². The van der Waals surface area contributed by atoms with E-state index in [1.54, 1.807) is 35.2 Å². The number of nitro benzene ring substituents is 1. The zero-order chi connectivity index (χ0) is 19.9. The summed E-state index contributed by atoms with van der Waals surface area (Å²) in [5.74, 6) is -0.389. The molecule has 146 valence electrons. The summed E-state index contributed by atoms with van der Waals surface area (Å²) in [7, 11) is 0. The van der Waals surface area contributed by atoms with Gasteiger partial charge in [-0.25, -0.2) is 4.39 Å². The Morgan fingerprint density at radius 2 is 1.86 bits per heavy atom. The number of amides is 1. The molecule has 7 heteroatoms. The Morgan fingerprint density at radius 1 is 1.18 bits per heavy atom. The number of nitro groups is 1. The highest BCUT2D eigenvalue weighted by molar-refractivity contribution is 5.92. The van der Waals surface area contributed by atoms with Gasteiger partial charge in [0.25, 0.3) is 5.69 Å². The van der Waals surface area contributed by atoms with Crippen LogP contribution in [0.15, 0.2) is 54.6 Å². The third kappa shape index (κ3) is 5.23. The Hall–Kier alpha value is -3.06. The Morgan fingerprint density at radius 3 is 2.54 bits per heavy atom. The molecule has 0 atom stereocenters. The molecule has 1 amide bonds. The van der Waals surface area contributed by atoms with Crippen molar-refractivity contribution in [1.29, 1.82) is 0 Å². The molecule has 1 fully saturated rings. The van der Waals surface area contributed by atoms with Crippen molar-refractivity contribution in [3.05, 3.63) is 81.7 Å². The van der Waals surface area contributed by atoms with E-state index in [4.69, 9.17) is 0 Å². The number of halogens is 1. The van der Waals surface area contributed by atoms with Gasteiger partial charge in [0.2, 0.25) is 5.91 Å². The maximum atomic E-state index is 12.9. The summed E-state index contributed by atoms with van der Waals surface area (Å²) in [4.78, 5) is 24.7. The zero-order valence-corrected chi connectivity index (χ0v) is 15.4. The number of carbonyl (C=O) groups excluding carboxylic acids is 1. The maximum absolute atomic E-state index is 12.9. The highest BCUT2D eigenvalue weighted by Gasteiger charge is 2.21. The number of nitrogens with zero attached hydrogens (tertiary/aromatic N) is 2. The van der Waals surface area contributed by atoms with Crippen molar-refractivity contribution in [2.45, 2.75) is 25.4 Å². The Kier molecular flexibility index (Phi) is 6.49. The summed E-state index contributed by atoms with van der Waals surface area (Å²) in [6.07, 6.45) is 4.55. The number of benzene rings is 2. The normalized spacial score (nSPS) is 15.1.